The summed E-state index contributed by atoms with van der Waals surface area (Å²) in [5, 5.41) is 3.28. The van der Waals surface area contributed by atoms with Crippen molar-refractivity contribution in [3.8, 4) is 0 Å². The van der Waals surface area contributed by atoms with E-state index in [-0.39, 0.29) is 18.4 Å². The maximum atomic E-state index is 12.3. The van der Waals surface area contributed by atoms with E-state index in [0.717, 1.165) is 25.1 Å². The fourth-order valence-corrected chi connectivity index (χ4v) is 3.16. The lowest BCUT2D eigenvalue weighted by molar-refractivity contribution is -0.146. The number of amides is 2. The lowest BCUT2D eigenvalue weighted by atomic mass is 10.0. The molecule has 3 rings (SSSR count). The first-order valence-electron chi connectivity index (χ1n) is 8.02. The molecule has 0 aromatic heterocycles. The molecule has 2 aliphatic rings. The second kappa shape index (κ2) is 6.92. The van der Waals surface area contributed by atoms with E-state index in [4.69, 9.17) is 0 Å². The summed E-state index contributed by atoms with van der Waals surface area (Å²) >= 11 is 0. The normalized spacial score (nSPS) is 22.2. The predicted octanol–water partition coefficient (Wildman–Crippen LogP) is 0.857. The van der Waals surface area contributed by atoms with Crippen molar-refractivity contribution in [3.05, 3.63) is 35.9 Å². The molecule has 1 aromatic carbocycles. The number of rotatable bonds is 4. The SMILES string of the molecule is O=C(C[C@H]1CCNC1)N1CCN(Cc2ccccc2)C(=O)C1. The van der Waals surface area contributed by atoms with Crippen LogP contribution in [0, 0.1) is 5.92 Å². The summed E-state index contributed by atoms with van der Waals surface area (Å²) in [5.74, 6) is 0.611. The van der Waals surface area contributed by atoms with E-state index in [0.29, 0.717) is 32.0 Å². The van der Waals surface area contributed by atoms with Gasteiger partial charge in [-0.25, -0.2) is 0 Å². The molecule has 0 aliphatic carbocycles. The largest absolute Gasteiger partial charge is 0.335 e. The Kier molecular flexibility index (Phi) is 4.73. The molecule has 1 atom stereocenters. The van der Waals surface area contributed by atoms with Crippen molar-refractivity contribution in [1.29, 1.82) is 0 Å². The average molecular weight is 301 g/mol. The van der Waals surface area contributed by atoms with Gasteiger partial charge in [0.1, 0.15) is 0 Å². The van der Waals surface area contributed by atoms with Gasteiger partial charge in [-0.15, -0.1) is 0 Å². The fraction of sp³-hybridized carbons (Fsp3) is 0.529. The smallest absolute Gasteiger partial charge is 0.242 e. The van der Waals surface area contributed by atoms with Gasteiger partial charge in [0.05, 0.1) is 6.54 Å². The lowest BCUT2D eigenvalue weighted by Crippen LogP contribution is -2.52. The van der Waals surface area contributed by atoms with Crippen molar-refractivity contribution in [3.63, 3.8) is 0 Å². The van der Waals surface area contributed by atoms with Crippen LogP contribution in [0.25, 0.3) is 0 Å². The van der Waals surface area contributed by atoms with E-state index in [1.807, 2.05) is 35.2 Å². The molecule has 2 aliphatic heterocycles. The first-order chi connectivity index (χ1) is 10.7. The summed E-state index contributed by atoms with van der Waals surface area (Å²) in [7, 11) is 0. The molecule has 118 valence electrons. The van der Waals surface area contributed by atoms with Gasteiger partial charge < -0.3 is 15.1 Å². The molecule has 1 aromatic rings. The van der Waals surface area contributed by atoms with Crippen molar-refractivity contribution < 1.29 is 9.59 Å². The van der Waals surface area contributed by atoms with Gasteiger partial charge in [-0.3, -0.25) is 9.59 Å². The van der Waals surface area contributed by atoms with E-state index in [2.05, 4.69) is 5.32 Å². The third kappa shape index (κ3) is 3.65. The van der Waals surface area contributed by atoms with Crippen LogP contribution in [0.4, 0.5) is 0 Å². The van der Waals surface area contributed by atoms with Crippen molar-refractivity contribution in [2.45, 2.75) is 19.4 Å². The Morgan fingerprint density at radius 2 is 2.05 bits per heavy atom. The number of piperazine rings is 1. The van der Waals surface area contributed by atoms with Gasteiger partial charge in [0.25, 0.3) is 0 Å². The van der Waals surface area contributed by atoms with E-state index >= 15 is 0 Å². The molecular weight excluding hydrogens is 278 g/mol. The summed E-state index contributed by atoms with van der Waals surface area (Å²) in [6.45, 7) is 4.06. The highest BCUT2D eigenvalue weighted by Gasteiger charge is 2.28. The monoisotopic (exact) mass is 301 g/mol. The molecular formula is C17H23N3O2. The highest BCUT2D eigenvalue weighted by atomic mass is 16.2. The average Bonchev–Trinajstić information content (AvgIpc) is 3.03. The van der Waals surface area contributed by atoms with E-state index in [1.54, 1.807) is 4.90 Å². The number of carbonyl (C=O) groups excluding carboxylic acids is 2. The molecule has 0 bridgehead atoms. The summed E-state index contributed by atoms with van der Waals surface area (Å²) in [6, 6.07) is 9.99. The van der Waals surface area contributed by atoms with Gasteiger partial charge >= 0.3 is 0 Å². The van der Waals surface area contributed by atoms with Crippen LogP contribution in [0.1, 0.15) is 18.4 Å². The van der Waals surface area contributed by atoms with Crippen molar-refractivity contribution in [2.24, 2.45) is 5.92 Å². The lowest BCUT2D eigenvalue weighted by Gasteiger charge is -2.34. The molecule has 5 heteroatoms. The van der Waals surface area contributed by atoms with E-state index < -0.39 is 0 Å². The minimum atomic E-state index is 0.0491. The van der Waals surface area contributed by atoms with Gasteiger partial charge in [-0.1, -0.05) is 30.3 Å². The summed E-state index contributed by atoms with van der Waals surface area (Å²) < 4.78 is 0. The van der Waals surface area contributed by atoms with Crippen LogP contribution in [-0.2, 0) is 16.1 Å². The van der Waals surface area contributed by atoms with E-state index in [9.17, 15) is 9.59 Å². The summed E-state index contributed by atoms with van der Waals surface area (Å²) in [4.78, 5) is 28.1. The topological polar surface area (TPSA) is 52.7 Å². The van der Waals surface area contributed by atoms with Crippen molar-refractivity contribution in [2.75, 3.05) is 32.7 Å². The predicted molar refractivity (Wildman–Crippen MR) is 84.0 cm³/mol. The van der Waals surface area contributed by atoms with Crippen LogP contribution >= 0.6 is 0 Å². The minimum absolute atomic E-state index is 0.0491. The van der Waals surface area contributed by atoms with Crippen molar-refractivity contribution >= 4 is 11.8 Å². The third-order valence-electron chi connectivity index (χ3n) is 4.51. The van der Waals surface area contributed by atoms with Gasteiger partial charge in [-0.05, 0) is 31.0 Å². The number of hydrogen-bond donors (Lipinski definition) is 1. The van der Waals surface area contributed by atoms with Crippen LogP contribution < -0.4 is 5.32 Å². The number of nitrogens with one attached hydrogen (secondary N) is 1. The summed E-state index contributed by atoms with van der Waals surface area (Å²) in [6.07, 6.45) is 1.63. The molecule has 1 N–H and O–H groups in total. The Balaban J connectivity index is 1.51. The highest BCUT2D eigenvalue weighted by molar-refractivity contribution is 5.86. The molecule has 0 radical (unpaired) electrons. The standard InChI is InChI=1S/C17H23N3O2/c21-16(10-15-6-7-18-11-15)20-9-8-19(17(22)13-20)12-14-4-2-1-3-5-14/h1-5,15,18H,6-13H2/t15-/m1/s1. The highest BCUT2D eigenvalue weighted by Crippen LogP contribution is 2.16. The molecule has 0 saturated carbocycles. The van der Waals surface area contributed by atoms with E-state index in [1.165, 1.54) is 0 Å². The maximum absolute atomic E-state index is 12.3. The van der Waals surface area contributed by atoms with Gasteiger partial charge in [0.2, 0.25) is 11.8 Å². The number of hydrogen-bond acceptors (Lipinski definition) is 3. The molecule has 2 amide bonds. The van der Waals surface area contributed by atoms with Crippen LogP contribution in [0.3, 0.4) is 0 Å². The van der Waals surface area contributed by atoms with Crippen LogP contribution in [0.15, 0.2) is 30.3 Å². The Morgan fingerprint density at radius 1 is 1.23 bits per heavy atom. The molecule has 2 fully saturated rings. The minimum Gasteiger partial charge on any atom is -0.335 e. The number of nitrogens with zero attached hydrogens (tertiary/aromatic N) is 2. The zero-order chi connectivity index (χ0) is 15.4. The van der Waals surface area contributed by atoms with Crippen LogP contribution in [-0.4, -0.2) is 54.3 Å². The van der Waals surface area contributed by atoms with Crippen LogP contribution in [0.2, 0.25) is 0 Å². The number of carbonyl (C=O) groups is 2. The molecule has 22 heavy (non-hydrogen) atoms. The second-order valence-electron chi connectivity index (χ2n) is 6.18. The number of benzene rings is 1. The first-order valence-corrected chi connectivity index (χ1v) is 8.02. The zero-order valence-corrected chi connectivity index (χ0v) is 12.8. The summed E-state index contributed by atoms with van der Waals surface area (Å²) in [5.41, 5.74) is 1.13. The fourth-order valence-electron chi connectivity index (χ4n) is 3.16. The first kappa shape index (κ1) is 15.0. The Bertz CT molecular complexity index is 526. The second-order valence-corrected chi connectivity index (χ2v) is 6.18. The van der Waals surface area contributed by atoms with Crippen LogP contribution in [0.5, 0.6) is 0 Å². The van der Waals surface area contributed by atoms with Crippen molar-refractivity contribution in [1.82, 2.24) is 15.1 Å². The Hall–Kier alpha value is -1.88. The quantitative estimate of drug-likeness (QED) is 0.897. The molecule has 2 heterocycles. The van der Waals surface area contributed by atoms with Gasteiger partial charge in [0, 0.05) is 26.1 Å². The Labute approximate surface area is 131 Å². The zero-order valence-electron chi connectivity index (χ0n) is 12.8. The Morgan fingerprint density at radius 3 is 2.73 bits per heavy atom. The molecule has 0 spiro atoms. The molecule has 5 nitrogen and oxygen atoms in total. The third-order valence-corrected chi connectivity index (χ3v) is 4.51. The van der Waals surface area contributed by atoms with Gasteiger partial charge in [0.15, 0.2) is 0 Å². The maximum Gasteiger partial charge on any atom is 0.242 e. The van der Waals surface area contributed by atoms with Gasteiger partial charge in [-0.2, -0.15) is 0 Å². The molecule has 0 unspecified atom stereocenters. The molecule has 2 saturated heterocycles.